The Kier molecular flexibility index (Phi) is 4.38. The first-order chi connectivity index (χ1) is 10.1. The van der Waals surface area contributed by atoms with Crippen LogP contribution in [0, 0.1) is 6.92 Å². The highest BCUT2D eigenvalue weighted by molar-refractivity contribution is 7.13. The van der Waals surface area contributed by atoms with Crippen molar-refractivity contribution in [2.75, 3.05) is 13.1 Å². The predicted molar refractivity (Wildman–Crippen MR) is 87.6 cm³/mol. The summed E-state index contributed by atoms with van der Waals surface area (Å²) in [6.07, 6.45) is 0.618. The van der Waals surface area contributed by atoms with Gasteiger partial charge in [0.15, 0.2) is 0 Å². The second-order valence-electron chi connectivity index (χ2n) is 5.96. The van der Waals surface area contributed by atoms with Crippen LogP contribution in [0.15, 0.2) is 29.6 Å². The molecule has 0 unspecified atom stereocenters. The molecule has 0 spiro atoms. The number of benzene rings is 1. The van der Waals surface area contributed by atoms with E-state index in [1.807, 2.05) is 0 Å². The van der Waals surface area contributed by atoms with Crippen LogP contribution in [-0.4, -0.2) is 35.2 Å². The molecular formula is C17H22N2OS. The number of rotatable bonds is 3. The van der Waals surface area contributed by atoms with Gasteiger partial charge in [0.2, 0.25) is 0 Å². The van der Waals surface area contributed by atoms with E-state index in [9.17, 15) is 0 Å². The molecule has 0 radical (unpaired) electrons. The Labute approximate surface area is 130 Å². The standard InChI is InChI=1S/C17H22N2OS/c1-12-5-4-6-15(7-12)17-18-16(11-21-17)10-19-8-13(2)20-14(3)9-19/h4-7,11,13-14H,8-10H2,1-3H3/t13-,14-/m0/s1. The van der Waals surface area contributed by atoms with Crippen LogP contribution in [-0.2, 0) is 11.3 Å². The van der Waals surface area contributed by atoms with E-state index in [-0.39, 0.29) is 0 Å². The van der Waals surface area contributed by atoms with Gasteiger partial charge < -0.3 is 4.74 Å². The largest absolute Gasteiger partial charge is 0.373 e. The first-order valence-electron chi connectivity index (χ1n) is 7.49. The highest BCUT2D eigenvalue weighted by atomic mass is 32.1. The van der Waals surface area contributed by atoms with Gasteiger partial charge in [-0.1, -0.05) is 23.8 Å². The number of nitrogens with zero attached hydrogens (tertiary/aromatic N) is 2. The second-order valence-corrected chi connectivity index (χ2v) is 6.82. The van der Waals surface area contributed by atoms with Crippen molar-refractivity contribution in [3.8, 4) is 10.6 Å². The Morgan fingerprint density at radius 3 is 2.76 bits per heavy atom. The summed E-state index contributed by atoms with van der Waals surface area (Å²) in [7, 11) is 0. The van der Waals surface area contributed by atoms with Crippen LogP contribution >= 0.6 is 11.3 Å². The first-order valence-corrected chi connectivity index (χ1v) is 8.37. The summed E-state index contributed by atoms with van der Waals surface area (Å²) >= 11 is 1.73. The fraction of sp³-hybridized carbons (Fsp3) is 0.471. The van der Waals surface area contributed by atoms with Crippen LogP contribution in [0.25, 0.3) is 10.6 Å². The third-order valence-corrected chi connectivity index (χ3v) is 4.64. The smallest absolute Gasteiger partial charge is 0.123 e. The maximum absolute atomic E-state index is 5.78. The van der Waals surface area contributed by atoms with Crippen LogP contribution in [0.4, 0.5) is 0 Å². The van der Waals surface area contributed by atoms with E-state index in [1.54, 1.807) is 11.3 Å². The quantitative estimate of drug-likeness (QED) is 0.864. The van der Waals surface area contributed by atoms with Gasteiger partial charge in [0.25, 0.3) is 0 Å². The van der Waals surface area contributed by atoms with E-state index in [0.717, 1.165) is 30.3 Å². The maximum Gasteiger partial charge on any atom is 0.123 e. The molecule has 1 aliphatic rings. The summed E-state index contributed by atoms with van der Waals surface area (Å²) < 4.78 is 5.78. The van der Waals surface area contributed by atoms with E-state index in [1.165, 1.54) is 11.1 Å². The molecule has 2 heterocycles. The maximum atomic E-state index is 5.78. The van der Waals surface area contributed by atoms with Crippen molar-refractivity contribution in [1.82, 2.24) is 9.88 Å². The van der Waals surface area contributed by atoms with Gasteiger partial charge in [-0.3, -0.25) is 4.90 Å². The number of aromatic nitrogens is 1. The van der Waals surface area contributed by atoms with Crippen LogP contribution in [0.1, 0.15) is 25.1 Å². The topological polar surface area (TPSA) is 25.4 Å². The molecule has 2 atom stereocenters. The molecule has 21 heavy (non-hydrogen) atoms. The summed E-state index contributed by atoms with van der Waals surface area (Å²) in [5.74, 6) is 0. The zero-order chi connectivity index (χ0) is 14.8. The molecule has 0 amide bonds. The number of hydrogen-bond acceptors (Lipinski definition) is 4. The monoisotopic (exact) mass is 302 g/mol. The molecule has 4 heteroatoms. The average Bonchev–Trinajstić information content (AvgIpc) is 2.86. The van der Waals surface area contributed by atoms with Gasteiger partial charge in [-0.25, -0.2) is 4.98 Å². The summed E-state index contributed by atoms with van der Waals surface area (Å²) in [6, 6.07) is 8.54. The lowest BCUT2D eigenvalue weighted by molar-refractivity contribution is -0.0707. The van der Waals surface area contributed by atoms with E-state index in [0.29, 0.717) is 12.2 Å². The van der Waals surface area contributed by atoms with Gasteiger partial charge >= 0.3 is 0 Å². The number of aryl methyl sites for hydroxylation is 1. The molecule has 0 bridgehead atoms. The first kappa shape index (κ1) is 14.7. The Balaban J connectivity index is 1.70. The number of morpholine rings is 1. The summed E-state index contributed by atoms with van der Waals surface area (Å²) in [5, 5.41) is 3.30. The zero-order valence-corrected chi connectivity index (χ0v) is 13.7. The molecule has 1 fully saturated rings. The van der Waals surface area contributed by atoms with Crippen molar-refractivity contribution in [3.63, 3.8) is 0 Å². The van der Waals surface area contributed by atoms with Gasteiger partial charge in [-0.2, -0.15) is 0 Å². The lowest BCUT2D eigenvalue weighted by Gasteiger charge is -2.34. The van der Waals surface area contributed by atoms with Gasteiger partial charge in [0.05, 0.1) is 17.9 Å². The van der Waals surface area contributed by atoms with Crippen molar-refractivity contribution in [2.24, 2.45) is 0 Å². The highest BCUT2D eigenvalue weighted by Gasteiger charge is 2.22. The Morgan fingerprint density at radius 2 is 2.05 bits per heavy atom. The normalized spacial score (nSPS) is 23.4. The van der Waals surface area contributed by atoms with E-state index in [2.05, 4.69) is 55.3 Å². The zero-order valence-electron chi connectivity index (χ0n) is 12.9. The lowest BCUT2D eigenvalue weighted by Crippen LogP contribution is -2.44. The molecule has 1 saturated heterocycles. The number of ether oxygens (including phenoxy) is 1. The molecule has 1 aliphatic heterocycles. The second kappa shape index (κ2) is 6.26. The SMILES string of the molecule is Cc1cccc(-c2nc(CN3C[C@H](C)O[C@@H](C)C3)cs2)c1. The molecule has 0 aliphatic carbocycles. The summed E-state index contributed by atoms with van der Waals surface area (Å²) in [5.41, 5.74) is 3.66. The molecule has 2 aromatic rings. The molecule has 112 valence electrons. The minimum Gasteiger partial charge on any atom is -0.373 e. The molecular weight excluding hydrogens is 280 g/mol. The van der Waals surface area contributed by atoms with E-state index < -0.39 is 0 Å². The van der Waals surface area contributed by atoms with Crippen LogP contribution in [0.2, 0.25) is 0 Å². The molecule has 0 N–H and O–H groups in total. The molecule has 3 nitrogen and oxygen atoms in total. The fourth-order valence-electron chi connectivity index (χ4n) is 2.93. The highest BCUT2D eigenvalue weighted by Crippen LogP contribution is 2.25. The Morgan fingerprint density at radius 1 is 1.29 bits per heavy atom. The fourth-order valence-corrected chi connectivity index (χ4v) is 3.74. The average molecular weight is 302 g/mol. The molecule has 0 saturated carbocycles. The lowest BCUT2D eigenvalue weighted by atomic mass is 10.1. The van der Waals surface area contributed by atoms with Crippen molar-refractivity contribution < 1.29 is 4.74 Å². The Bertz CT molecular complexity index is 600. The van der Waals surface area contributed by atoms with Crippen LogP contribution in [0.3, 0.4) is 0 Å². The summed E-state index contributed by atoms with van der Waals surface area (Å²) in [4.78, 5) is 7.24. The van der Waals surface area contributed by atoms with Crippen molar-refractivity contribution in [1.29, 1.82) is 0 Å². The van der Waals surface area contributed by atoms with Gasteiger partial charge in [0, 0.05) is 30.6 Å². The van der Waals surface area contributed by atoms with Gasteiger partial charge in [-0.05, 0) is 26.8 Å². The van der Waals surface area contributed by atoms with Crippen LogP contribution < -0.4 is 0 Å². The van der Waals surface area contributed by atoms with Gasteiger partial charge in [-0.15, -0.1) is 11.3 Å². The van der Waals surface area contributed by atoms with E-state index >= 15 is 0 Å². The van der Waals surface area contributed by atoms with Gasteiger partial charge in [0.1, 0.15) is 5.01 Å². The van der Waals surface area contributed by atoms with Crippen molar-refractivity contribution in [2.45, 2.75) is 39.5 Å². The minimum absolute atomic E-state index is 0.309. The third kappa shape index (κ3) is 3.70. The molecule has 3 rings (SSSR count). The summed E-state index contributed by atoms with van der Waals surface area (Å²) in [6.45, 7) is 9.29. The number of thiazole rings is 1. The van der Waals surface area contributed by atoms with E-state index in [4.69, 9.17) is 9.72 Å². The van der Waals surface area contributed by atoms with Crippen molar-refractivity contribution in [3.05, 3.63) is 40.9 Å². The predicted octanol–water partition coefficient (Wildman–Crippen LogP) is 3.73. The third-order valence-electron chi connectivity index (χ3n) is 3.70. The molecule has 1 aromatic heterocycles. The van der Waals surface area contributed by atoms with Crippen molar-refractivity contribution >= 4 is 11.3 Å². The Hall–Kier alpha value is -1.23. The van der Waals surface area contributed by atoms with Crippen LogP contribution in [0.5, 0.6) is 0 Å². The number of hydrogen-bond donors (Lipinski definition) is 0. The molecule has 1 aromatic carbocycles. The minimum atomic E-state index is 0.309.